The number of fused-ring (bicyclic) bond motifs is 1. The maximum atomic E-state index is 12.3. The van der Waals surface area contributed by atoms with Crippen LogP contribution in [0.1, 0.15) is 40.5 Å². The molecule has 7 nitrogen and oxygen atoms in total. The van der Waals surface area contributed by atoms with E-state index in [0.29, 0.717) is 10.6 Å². The molecule has 1 saturated heterocycles. The largest absolute Gasteiger partial charge is 0.341 e. The average Bonchev–Trinajstić information content (AvgIpc) is 3.21. The number of carbonyl (C=O) groups excluding carboxylic acids is 1. The molecule has 0 aliphatic carbocycles. The minimum absolute atomic E-state index is 0.181. The molecule has 0 unspecified atom stereocenters. The number of imidazole rings is 1. The molecule has 1 fully saturated rings. The topological polar surface area (TPSA) is 86.8 Å². The summed E-state index contributed by atoms with van der Waals surface area (Å²) >= 11 is 1.11. The lowest BCUT2D eigenvalue weighted by atomic mass is 10.1. The Labute approximate surface area is 149 Å². The van der Waals surface area contributed by atoms with Crippen molar-refractivity contribution < 1.29 is 4.79 Å². The van der Waals surface area contributed by atoms with Crippen molar-refractivity contribution in [2.24, 2.45) is 0 Å². The van der Waals surface area contributed by atoms with Crippen molar-refractivity contribution >= 4 is 34.2 Å². The predicted molar refractivity (Wildman–Crippen MR) is 97.8 cm³/mol. The van der Waals surface area contributed by atoms with Gasteiger partial charge in [0, 0.05) is 5.69 Å². The van der Waals surface area contributed by atoms with E-state index in [-0.39, 0.29) is 5.91 Å². The van der Waals surface area contributed by atoms with Gasteiger partial charge in [-0.3, -0.25) is 9.69 Å². The summed E-state index contributed by atoms with van der Waals surface area (Å²) in [5.41, 5.74) is 3.23. The molecule has 3 aromatic rings. The number of rotatable bonds is 4. The number of likely N-dealkylation sites (tertiary alicyclic amines) is 1. The van der Waals surface area contributed by atoms with E-state index in [4.69, 9.17) is 0 Å². The number of aromatic nitrogens is 4. The number of anilines is 1. The van der Waals surface area contributed by atoms with Crippen LogP contribution < -0.4 is 5.32 Å². The fourth-order valence-electron chi connectivity index (χ4n) is 3.17. The maximum Gasteiger partial charge on any atom is 0.269 e. The zero-order valence-corrected chi connectivity index (χ0v) is 14.9. The van der Waals surface area contributed by atoms with E-state index in [0.717, 1.165) is 53.7 Å². The summed E-state index contributed by atoms with van der Waals surface area (Å²) in [6.07, 6.45) is 3.86. The molecule has 4 rings (SSSR count). The molecule has 0 radical (unpaired) electrons. The second kappa shape index (κ2) is 6.89. The zero-order valence-electron chi connectivity index (χ0n) is 14.1. The number of carbonyl (C=O) groups is 1. The molecule has 0 atom stereocenters. The van der Waals surface area contributed by atoms with Gasteiger partial charge in [0.15, 0.2) is 0 Å². The highest BCUT2D eigenvalue weighted by atomic mass is 32.1. The molecule has 1 aromatic carbocycles. The van der Waals surface area contributed by atoms with Gasteiger partial charge in [0.25, 0.3) is 5.91 Å². The summed E-state index contributed by atoms with van der Waals surface area (Å²) < 4.78 is 3.80. The number of benzene rings is 1. The quantitative estimate of drug-likeness (QED) is 0.750. The second-order valence-electron chi connectivity index (χ2n) is 6.39. The van der Waals surface area contributed by atoms with Gasteiger partial charge in [-0.15, -0.1) is 5.10 Å². The van der Waals surface area contributed by atoms with Crippen molar-refractivity contribution in [3.05, 3.63) is 34.6 Å². The first-order valence-corrected chi connectivity index (χ1v) is 9.28. The molecule has 0 saturated carbocycles. The molecule has 130 valence electrons. The highest BCUT2D eigenvalue weighted by Crippen LogP contribution is 2.20. The lowest BCUT2D eigenvalue weighted by molar-refractivity contribution is 0.103. The van der Waals surface area contributed by atoms with Crippen LogP contribution in [-0.4, -0.2) is 43.5 Å². The third-order valence-corrected chi connectivity index (χ3v) is 5.30. The SMILES string of the molecule is Cc1nnsc1C(=O)Nc1ccc2nc(CN3CCCCC3)[nH]c2c1. The molecule has 0 bridgehead atoms. The molecule has 8 heteroatoms. The normalized spacial score (nSPS) is 15.6. The molecule has 25 heavy (non-hydrogen) atoms. The fraction of sp³-hybridized carbons (Fsp3) is 0.412. The van der Waals surface area contributed by atoms with Gasteiger partial charge in [-0.1, -0.05) is 10.9 Å². The molecular formula is C17H20N6OS. The van der Waals surface area contributed by atoms with Crippen molar-refractivity contribution in [3.63, 3.8) is 0 Å². The Morgan fingerprint density at radius 1 is 1.32 bits per heavy atom. The van der Waals surface area contributed by atoms with Gasteiger partial charge < -0.3 is 10.3 Å². The molecule has 2 aromatic heterocycles. The second-order valence-corrected chi connectivity index (χ2v) is 7.15. The predicted octanol–water partition coefficient (Wildman–Crippen LogP) is 2.96. The Balaban J connectivity index is 1.50. The van der Waals surface area contributed by atoms with Crippen molar-refractivity contribution in [1.82, 2.24) is 24.5 Å². The van der Waals surface area contributed by atoms with Gasteiger partial charge in [0.2, 0.25) is 0 Å². The maximum absolute atomic E-state index is 12.3. The Bertz CT molecular complexity index is 896. The number of hydrogen-bond donors (Lipinski definition) is 2. The summed E-state index contributed by atoms with van der Waals surface area (Å²) in [4.78, 5) is 23.3. The number of nitrogens with one attached hydrogen (secondary N) is 2. The van der Waals surface area contributed by atoms with Crippen LogP contribution in [0.2, 0.25) is 0 Å². The van der Waals surface area contributed by atoms with E-state index in [1.165, 1.54) is 19.3 Å². The molecule has 2 N–H and O–H groups in total. The van der Waals surface area contributed by atoms with Crippen LogP contribution in [0.25, 0.3) is 11.0 Å². The number of nitrogens with zero attached hydrogens (tertiary/aromatic N) is 4. The zero-order chi connectivity index (χ0) is 17.2. The lowest BCUT2D eigenvalue weighted by Crippen LogP contribution is -2.29. The van der Waals surface area contributed by atoms with Crippen molar-refractivity contribution in [3.8, 4) is 0 Å². The van der Waals surface area contributed by atoms with Crippen LogP contribution in [0, 0.1) is 6.92 Å². The summed E-state index contributed by atoms with van der Waals surface area (Å²) in [7, 11) is 0. The van der Waals surface area contributed by atoms with Crippen molar-refractivity contribution in [1.29, 1.82) is 0 Å². The summed E-state index contributed by atoms with van der Waals surface area (Å²) in [6.45, 7) is 4.91. The van der Waals surface area contributed by atoms with Crippen LogP contribution in [-0.2, 0) is 6.54 Å². The third kappa shape index (κ3) is 3.54. The first-order valence-electron chi connectivity index (χ1n) is 8.50. The lowest BCUT2D eigenvalue weighted by Gasteiger charge is -2.25. The van der Waals surface area contributed by atoms with Crippen LogP contribution in [0.3, 0.4) is 0 Å². The van der Waals surface area contributed by atoms with Crippen molar-refractivity contribution in [2.45, 2.75) is 32.7 Å². The Morgan fingerprint density at radius 3 is 2.92 bits per heavy atom. The van der Waals surface area contributed by atoms with E-state index in [1.54, 1.807) is 6.92 Å². The molecule has 1 aliphatic heterocycles. The number of H-pyrrole nitrogens is 1. The van der Waals surface area contributed by atoms with Gasteiger partial charge in [-0.25, -0.2) is 4.98 Å². The minimum atomic E-state index is -0.181. The Hall–Kier alpha value is -2.32. The molecule has 1 amide bonds. The number of aryl methyl sites for hydroxylation is 1. The molecular weight excluding hydrogens is 336 g/mol. The first kappa shape index (κ1) is 16.2. The number of piperidine rings is 1. The first-order chi connectivity index (χ1) is 12.2. The smallest absolute Gasteiger partial charge is 0.269 e. The van der Waals surface area contributed by atoms with Crippen molar-refractivity contribution in [2.75, 3.05) is 18.4 Å². The van der Waals surface area contributed by atoms with E-state index in [1.807, 2.05) is 18.2 Å². The number of amides is 1. The Kier molecular flexibility index (Phi) is 4.46. The summed E-state index contributed by atoms with van der Waals surface area (Å²) in [6, 6.07) is 5.72. The number of hydrogen-bond acceptors (Lipinski definition) is 6. The van der Waals surface area contributed by atoms with Gasteiger partial charge in [0.1, 0.15) is 10.7 Å². The van der Waals surface area contributed by atoms with Crippen LogP contribution in [0.5, 0.6) is 0 Å². The van der Waals surface area contributed by atoms with E-state index in [9.17, 15) is 4.79 Å². The highest BCUT2D eigenvalue weighted by Gasteiger charge is 2.15. The number of aromatic amines is 1. The van der Waals surface area contributed by atoms with E-state index < -0.39 is 0 Å². The van der Waals surface area contributed by atoms with Gasteiger partial charge >= 0.3 is 0 Å². The van der Waals surface area contributed by atoms with E-state index >= 15 is 0 Å². The Morgan fingerprint density at radius 2 is 2.16 bits per heavy atom. The molecule has 3 heterocycles. The summed E-state index contributed by atoms with van der Waals surface area (Å²) in [5.74, 6) is 0.794. The van der Waals surface area contributed by atoms with Gasteiger partial charge in [-0.05, 0) is 62.6 Å². The van der Waals surface area contributed by atoms with Gasteiger partial charge in [-0.2, -0.15) is 0 Å². The van der Waals surface area contributed by atoms with Crippen LogP contribution in [0.4, 0.5) is 5.69 Å². The highest BCUT2D eigenvalue weighted by molar-refractivity contribution is 7.08. The molecule has 1 aliphatic rings. The molecule has 0 spiro atoms. The van der Waals surface area contributed by atoms with Gasteiger partial charge in [0.05, 0.1) is 23.3 Å². The van der Waals surface area contributed by atoms with E-state index in [2.05, 4.69) is 29.8 Å². The third-order valence-electron chi connectivity index (χ3n) is 4.47. The average molecular weight is 356 g/mol. The standard InChI is InChI=1S/C17H20N6OS/c1-11-16(25-22-21-11)17(24)18-12-5-6-13-14(9-12)20-15(19-13)10-23-7-3-2-4-8-23/h5-6,9H,2-4,7-8,10H2,1H3,(H,18,24)(H,19,20). The summed E-state index contributed by atoms with van der Waals surface area (Å²) in [5, 5.41) is 6.78. The minimum Gasteiger partial charge on any atom is -0.341 e. The fourth-order valence-corrected chi connectivity index (χ4v) is 3.72. The monoisotopic (exact) mass is 356 g/mol. The van der Waals surface area contributed by atoms with Crippen LogP contribution >= 0.6 is 11.5 Å². The van der Waals surface area contributed by atoms with Crippen LogP contribution in [0.15, 0.2) is 18.2 Å².